The van der Waals surface area contributed by atoms with E-state index in [1.807, 2.05) is 25.1 Å². The van der Waals surface area contributed by atoms with E-state index in [1.165, 1.54) is 19.3 Å². The van der Waals surface area contributed by atoms with Crippen LogP contribution in [0.15, 0.2) is 29.8 Å². The fourth-order valence-corrected chi connectivity index (χ4v) is 4.42. The molecule has 0 radical (unpaired) electrons. The summed E-state index contributed by atoms with van der Waals surface area (Å²) in [7, 11) is 0. The molecule has 1 amide bonds. The number of piperidine rings is 1. The molecule has 1 aliphatic heterocycles. The van der Waals surface area contributed by atoms with Crippen LogP contribution in [0.5, 0.6) is 0 Å². The van der Waals surface area contributed by atoms with Gasteiger partial charge in [-0.15, -0.1) is 0 Å². The van der Waals surface area contributed by atoms with E-state index in [4.69, 9.17) is 0 Å². The Hall–Kier alpha value is -2.14. The number of amides is 1. The van der Waals surface area contributed by atoms with Crippen LogP contribution < -0.4 is 5.32 Å². The van der Waals surface area contributed by atoms with Gasteiger partial charge < -0.3 is 15.3 Å². The third-order valence-corrected chi connectivity index (χ3v) is 6.25. The van der Waals surface area contributed by atoms with Crippen LogP contribution in [-0.2, 0) is 9.59 Å². The predicted molar refractivity (Wildman–Crippen MR) is 111 cm³/mol. The van der Waals surface area contributed by atoms with E-state index < -0.39 is 5.91 Å². The molecule has 28 heavy (non-hydrogen) atoms. The second kappa shape index (κ2) is 9.37. The Labute approximate surface area is 167 Å². The topological polar surface area (TPSA) is 69.6 Å². The number of Topliss-reactive ketones (excluding diaryl/α,β-unsaturated/α-hetero) is 1. The fraction of sp³-hybridized carbons (Fsp3) is 0.565. The monoisotopic (exact) mass is 384 g/mol. The number of ketones is 1. The van der Waals surface area contributed by atoms with Crippen LogP contribution >= 0.6 is 0 Å². The van der Waals surface area contributed by atoms with Crippen molar-refractivity contribution in [3.05, 3.63) is 41.0 Å². The zero-order valence-corrected chi connectivity index (χ0v) is 17.0. The third-order valence-electron chi connectivity index (χ3n) is 6.25. The van der Waals surface area contributed by atoms with Crippen molar-refractivity contribution < 1.29 is 14.7 Å². The molecule has 1 saturated heterocycles. The van der Waals surface area contributed by atoms with Crippen LogP contribution in [0.1, 0.15) is 63.0 Å². The lowest BCUT2D eigenvalue weighted by Gasteiger charge is -2.31. The lowest BCUT2D eigenvalue weighted by Crippen LogP contribution is -2.37. The zero-order chi connectivity index (χ0) is 20.1. The number of rotatable bonds is 7. The number of hydrogen-bond acceptors (Lipinski definition) is 4. The number of nitrogens with one attached hydrogen (secondary N) is 1. The number of aliphatic hydroxyl groups is 1. The molecule has 1 heterocycles. The van der Waals surface area contributed by atoms with Gasteiger partial charge in [-0.05, 0) is 56.8 Å². The molecule has 0 bridgehead atoms. The maximum atomic E-state index is 12.8. The van der Waals surface area contributed by atoms with Gasteiger partial charge in [0.05, 0.1) is 0 Å². The van der Waals surface area contributed by atoms with Crippen molar-refractivity contribution in [3.8, 4) is 0 Å². The van der Waals surface area contributed by atoms with Gasteiger partial charge in [0.25, 0.3) is 5.91 Å². The van der Waals surface area contributed by atoms with Gasteiger partial charge in [0, 0.05) is 18.0 Å². The van der Waals surface area contributed by atoms with E-state index in [9.17, 15) is 14.7 Å². The Morgan fingerprint density at radius 1 is 1.18 bits per heavy atom. The number of benzene rings is 1. The number of likely N-dealkylation sites (tertiary alicyclic amines) is 1. The van der Waals surface area contributed by atoms with Crippen molar-refractivity contribution >= 4 is 17.4 Å². The molecular formula is C23H32N2O3. The molecule has 0 aromatic heterocycles. The Kier molecular flexibility index (Phi) is 6.89. The zero-order valence-electron chi connectivity index (χ0n) is 17.0. The summed E-state index contributed by atoms with van der Waals surface area (Å²) in [6.07, 6.45) is 5.23. The molecular weight excluding hydrogens is 352 g/mol. The number of aliphatic hydroxyl groups excluding tert-OH is 1. The lowest BCUT2D eigenvalue weighted by molar-refractivity contribution is -0.123. The number of nitrogens with zero attached hydrogens (tertiary/aromatic N) is 1. The highest BCUT2D eigenvalue weighted by Crippen LogP contribution is 2.36. The summed E-state index contributed by atoms with van der Waals surface area (Å²) in [5.41, 5.74) is 1.31. The van der Waals surface area contributed by atoms with Crippen LogP contribution in [0.25, 0.3) is 5.76 Å². The largest absolute Gasteiger partial charge is 0.506 e. The molecule has 3 rings (SSSR count). The molecule has 2 N–H and O–H groups in total. The highest BCUT2D eigenvalue weighted by Gasteiger charge is 2.36. The maximum Gasteiger partial charge on any atom is 0.258 e. The first-order valence-corrected chi connectivity index (χ1v) is 10.6. The Bertz CT molecular complexity index is 748. The summed E-state index contributed by atoms with van der Waals surface area (Å²) in [5.74, 6) is -0.437. The minimum Gasteiger partial charge on any atom is -0.506 e. The van der Waals surface area contributed by atoms with Crippen molar-refractivity contribution in [2.75, 3.05) is 26.2 Å². The van der Waals surface area contributed by atoms with Crippen molar-refractivity contribution in [1.29, 1.82) is 0 Å². The highest BCUT2D eigenvalue weighted by molar-refractivity contribution is 6.27. The minimum absolute atomic E-state index is 0.0886. The van der Waals surface area contributed by atoms with E-state index in [0.29, 0.717) is 18.5 Å². The molecule has 1 aromatic carbocycles. The van der Waals surface area contributed by atoms with Crippen LogP contribution in [0.3, 0.4) is 0 Å². The van der Waals surface area contributed by atoms with Crippen molar-refractivity contribution in [2.24, 2.45) is 5.92 Å². The van der Waals surface area contributed by atoms with Crippen molar-refractivity contribution in [2.45, 2.75) is 51.9 Å². The van der Waals surface area contributed by atoms with Gasteiger partial charge in [0.15, 0.2) is 5.78 Å². The van der Waals surface area contributed by atoms with Gasteiger partial charge in [-0.3, -0.25) is 9.59 Å². The normalized spacial score (nSPS) is 20.9. The van der Waals surface area contributed by atoms with Crippen LogP contribution in [-0.4, -0.2) is 47.9 Å². The molecule has 1 fully saturated rings. The average Bonchev–Trinajstić information content (AvgIpc) is 2.72. The molecule has 1 atom stereocenters. The summed E-state index contributed by atoms with van der Waals surface area (Å²) in [4.78, 5) is 27.9. The van der Waals surface area contributed by atoms with E-state index in [0.717, 1.165) is 37.5 Å². The van der Waals surface area contributed by atoms with Crippen molar-refractivity contribution in [1.82, 2.24) is 10.2 Å². The lowest BCUT2D eigenvalue weighted by atomic mass is 9.79. The van der Waals surface area contributed by atoms with Gasteiger partial charge >= 0.3 is 0 Å². The predicted octanol–water partition coefficient (Wildman–Crippen LogP) is 3.66. The average molecular weight is 385 g/mol. The SMILES string of the molecule is CCC1CCN(CCCNC(=O)C2=C(O)c3ccccc3C(CC)C2=O)CC1. The minimum atomic E-state index is -0.458. The maximum absolute atomic E-state index is 12.8. The summed E-state index contributed by atoms with van der Waals surface area (Å²) >= 11 is 0. The standard InChI is InChI=1S/C23H32N2O3/c1-3-16-10-14-25(15-11-16)13-7-12-24-23(28)20-21(26)17(4-2)18-8-5-6-9-19(18)22(20)27/h5-6,8-9,16-17,27H,3-4,7,10-15H2,1-2H3,(H,24,28). The smallest absolute Gasteiger partial charge is 0.258 e. The van der Waals surface area contributed by atoms with Gasteiger partial charge in [-0.2, -0.15) is 0 Å². The van der Waals surface area contributed by atoms with E-state index in [1.54, 1.807) is 6.07 Å². The summed E-state index contributed by atoms with van der Waals surface area (Å²) < 4.78 is 0. The third kappa shape index (κ3) is 4.30. The first kappa shape index (κ1) is 20.6. The molecule has 0 spiro atoms. The number of hydrogen-bond donors (Lipinski definition) is 2. The number of carbonyl (C=O) groups is 2. The first-order chi connectivity index (χ1) is 13.6. The Morgan fingerprint density at radius 2 is 1.89 bits per heavy atom. The first-order valence-electron chi connectivity index (χ1n) is 10.6. The molecule has 0 saturated carbocycles. The molecule has 1 unspecified atom stereocenters. The second-order valence-electron chi connectivity index (χ2n) is 7.94. The molecule has 5 heteroatoms. The molecule has 1 aliphatic carbocycles. The Balaban J connectivity index is 1.57. The van der Waals surface area contributed by atoms with Gasteiger partial charge in [-0.1, -0.05) is 44.5 Å². The van der Waals surface area contributed by atoms with Gasteiger partial charge in [-0.25, -0.2) is 0 Å². The summed E-state index contributed by atoms with van der Waals surface area (Å²) in [6.45, 7) is 7.91. The fourth-order valence-electron chi connectivity index (χ4n) is 4.42. The number of fused-ring (bicyclic) bond motifs is 1. The Morgan fingerprint density at radius 3 is 2.57 bits per heavy atom. The van der Waals surface area contributed by atoms with E-state index in [2.05, 4.69) is 17.1 Å². The van der Waals surface area contributed by atoms with E-state index in [-0.39, 0.29) is 23.0 Å². The van der Waals surface area contributed by atoms with Gasteiger partial charge in [0.2, 0.25) is 0 Å². The molecule has 5 nitrogen and oxygen atoms in total. The highest BCUT2D eigenvalue weighted by atomic mass is 16.3. The van der Waals surface area contributed by atoms with Crippen molar-refractivity contribution in [3.63, 3.8) is 0 Å². The quantitative estimate of drug-likeness (QED) is 0.556. The van der Waals surface area contributed by atoms with E-state index >= 15 is 0 Å². The van der Waals surface area contributed by atoms with Crippen LogP contribution in [0, 0.1) is 5.92 Å². The molecule has 152 valence electrons. The van der Waals surface area contributed by atoms with Gasteiger partial charge in [0.1, 0.15) is 11.3 Å². The summed E-state index contributed by atoms with van der Waals surface area (Å²) in [5, 5.41) is 13.4. The van der Waals surface area contributed by atoms with Crippen LogP contribution in [0.2, 0.25) is 0 Å². The number of carbonyl (C=O) groups excluding carboxylic acids is 2. The summed E-state index contributed by atoms with van der Waals surface area (Å²) in [6, 6.07) is 7.30. The second-order valence-corrected chi connectivity index (χ2v) is 7.94. The molecule has 1 aromatic rings. The molecule has 2 aliphatic rings. The van der Waals surface area contributed by atoms with Crippen LogP contribution in [0.4, 0.5) is 0 Å².